The number of ketones is 1. The van der Waals surface area contributed by atoms with Gasteiger partial charge in [0, 0.05) is 16.3 Å². The van der Waals surface area contributed by atoms with Crippen LogP contribution in [0.2, 0.25) is 0 Å². The number of thiophene rings is 1. The quantitative estimate of drug-likeness (QED) is 0.433. The molecule has 1 saturated heterocycles. The van der Waals surface area contributed by atoms with Gasteiger partial charge in [-0.2, -0.15) is 0 Å². The lowest BCUT2D eigenvalue weighted by atomic mass is 9.96. The highest BCUT2D eigenvalue weighted by atomic mass is 32.1. The molecule has 2 aliphatic rings. The van der Waals surface area contributed by atoms with Crippen molar-refractivity contribution in [2.24, 2.45) is 5.41 Å². The number of nitrogens with zero attached hydrogens (tertiary/aromatic N) is 2. The second-order valence-electron chi connectivity index (χ2n) is 8.41. The van der Waals surface area contributed by atoms with Crippen molar-refractivity contribution >= 4 is 40.9 Å². The van der Waals surface area contributed by atoms with E-state index in [0.29, 0.717) is 24.3 Å². The van der Waals surface area contributed by atoms with Gasteiger partial charge in [0.2, 0.25) is 5.91 Å². The molecular formula is C20H25N3O5S. The maximum atomic E-state index is 12.6. The molecule has 0 radical (unpaired) electrons. The Morgan fingerprint density at radius 3 is 2.38 bits per heavy atom. The highest BCUT2D eigenvalue weighted by Gasteiger charge is 2.48. The lowest BCUT2D eigenvalue weighted by Crippen LogP contribution is -2.40. The van der Waals surface area contributed by atoms with Gasteiger partial charge in [0.05, 0.1) is 18.0 Å². The first-order valence-corrected chi connectivity index (χ1v) is 10.5. The minimum atomic E-state index is -0.940. The number of Topliss-reactive ketones (excluding diaryl/α,β-unsaturated/α-hetero) is 1. The van der Waals surface area contributed by atoms with Gasteiger partial charge in [-0.25, -0.2) is 9.69 Å². The van der Waals surface area contributed by atoms with E-state index in [1.807, 2.05) is 20.8 Å². The summed E-state index contributed by atoms with van der Waals surface area (Å²) in [6.07, 6.45) is 3.22. The molecule has 0 atom stereocenters. The van der Waals surface area contributed by atoms with Crippen LogP contribution < -0.4 is 5.32 Å². The van der Waals surface area contributed by atoms with E-state index in [1.165, 1.54) is 11.3 Å². The van der Waals surface area contributed by atoms with E-state index in [2.05, 4.69) is 5.32 Å². The van der Waals surface area contributed by atoms with Crippen LogP contribution in [-0.2, 0) is 20.9 Å². The number of nitrogens with one attached hydrogen (secondary N) is 1. The predicted molar refractivity (Wildman–Crippen MR) is 106 cm³/mol. The monoisotopic (exact) mass is 419 g/mol. The van der Waals surface area contributed by atoms with Crippen LogP contribution in [0.3, 0.4) is 0 Å². The van der Waals surface area contributed by atoms with E-state index in [1.54, 1.807) is 12.1 Å². The predicted octanol–water partition coefficient (Wildman–Crippen LogP) is 2.33. The SMILES string of the molecule is CC(C)(C)C(=O)NCc1ccc(C(=O)CN2C(=O)C(=O)N(C3CCCC3)C2=O)s1. The molecule has 5 amide bonds. The second-order valence-corrected chi connectivity index (χ2v) is 9.58. The van der Waals surface area contributed by atoms with E-state index in [4.69, 9.17) is 0 Å². The maximum absolute atomic E-state index is 12.6. The first kappa shape index (κ1) is 21.2. The number of hydrogen-bond acceptors (Lipinski definition) is 6. The zero-order valence-corrected chi connectivity index (χ0v) is 17.6. The van der Waals surface area contributed by atoms with Crippen LogP contribution >= 0.6 is 11.3 Å². The van der Waals surface area contributed by atoms with Gasteiger partial charge in [0.25, 0.3) is 0 Å². The standard InChI is InChI=1S/C20H25N3O5S/c1-20(2,3)18(27)21-10-13-8-9-15(29-13)14(24)11-22-16(25)17(26)23(19(22)28)12-6-4-5-7-12/h8-9,12H,4-7,10-11H2,1-3H3,(H,21,27). The molecule has 0 aromatic carbocycles. The fourth-order valence-corrected chi connectivity index (χ4v) is 4.30. The molecule has 9 heteroatoms. The minimum Gasteiger partial charge on any atom is -0.351 e. The van der Waals surface area contributed by atoms with Crippen LogP contribution in [-0.4, -0.2) is 51.9 Å². The van der Waals surface area contributed by atoms with Crippen molar-refractivity contribution in [1.29, 1.82) is 0 Å². The van der Waals surface area contributed by atoms with Gasteiger partial charge in [-0.1, -0.05) is 33.6 Å². The Morgan fingerprint density at radius 2 is 1.76 bits per heavy atom. The van der Waals surface area contributed by atoms with Gasteiger partial charge in [0.1, 0.15) is 0 Å². The minimum absolute atomic E-state index is 0.0995. The Bertz CT molecular complexity index is 864. The van der Waals surface area contributed by atoms with Gasteiger partial charge in [-0.3, -0.25) is 24.1 Å². The van der Waals surface area contributed by atoms with Crippen molar-refractivity contribution in [2.75, 3.05) is 6.54 Å². The summed E-state index contributed by atoms with van der Waals surface area (Å²) in [5.41, 5.74) is -0.510. The smallest absolute Gasteiger partial charge is 0.334 e. The Labute approximate surface area is 173 Å². The molecule has 1 saturated carbocycles. The lowest BCUT2D eigenvalue weighted by molar-refractivity contribution is -0.143. The Morgan fingerprint density at radius 1 is 1.10 bits per heavy atom. The summed E-state index contributed by atoms with van der Waals surface area (Å²) in [4.78, 5) is 64.5. The summed E-state index contributed by atoms with van der Waals surface area (Å²) in [5, 5.41) is 2.81. The normalized spacial score (nSPS) is 18.1. The van der Waals surface area contributed by atoms with Crippen LogP contribution in [0.25, 0.3) is 0 Å². The first-order chi connectivity index (χ1) is 13.6. The third-order valence-corrected chi connectivity index (χ3v) is 6.24. The number of rotatable bonds is 6. The van der Waals surface area contributed by atoms with Gasteiger partial charge in [0.15, 0.2) is 5.78 Å². The average Bonchev–Trinajstić information content (AvgIpc) is 3.37. The van der Waals surface area contributed by atoms with Gasteiger partial charge in [-0.15, -0.1) is 11.3 Å². The molecule has 156 valence electrons. The number of urea groups is 1. The van der Waals surface area contributed by atoms with E-state index >= 15 is 0 Å². The molecule has 0 spiro atoms. The fourth-order valence-electron chi connectivity index (χ4n) is 3.42. The van der Waals surface area contributed by atoms with Gasteiger partial charge >= 0.3 is 17.8 Å². The van der Waals surface area contributed by atoms with Crippen molar-refractivity contribution in [2.45, 2.75) is 59.0 Å². The van der Waals surface area contributed by atoms with Crippen LogP contribution in [0.1, 0.15) is 61.0 Å². The molecule has 2 heterocycles. The lowest BCUT2D eigenvalue weighted by Gasteiger charge is -2.20. The number of carbonyl (C=O) groups excluding carboxylic acids is 5. The van der Waals surface area contributed by atoms with Gasteiger partial charge < -0.3 is 5.32 Å². The van der Waals surface area contributed by atoms with Crippen molar-refractivity contribution in [1.82, 2.24) is 15.1 Å². The topological polar surface area (TPSA) is 104 Å². The summed E-state index contributed by atoms with van der Waals surface area (Å²) in [6, 6.07) is 2.38. The van der Waals surface area contributed by atoms with E-state index < -0.39 is 35.6 Å². The number of imide groups is 2. The molecule has 29 heavy (non-hydrogen) atoms. The van der Waals surface area contributed by atoms with Crippen molar-refractivity contribution in [3.05, 3.63) is 21.9 Å². The molecule has 1 aromatic rings. The summed E-state index contributed by atoms with van der Waals surface area (Å²) >= 11 is 1.19. The molecular weight excluding hydrogens is 394 g/mol. The molecule has 0 bridgehead atoms. The van der Waals surface area contributed by atoms with Crippen LogP contribution in [0, 0.1) is 5.41 Å². The highest BCUT2D eigenvalue weighted by molar-refractivity contribution is 7.14. The average molecular weight is 420 g/mol. The summed E-state index contributed by atoms with van der Waals surface area (Å²) < 4.78 is 0. The molecule has 1 N–H and O–H groups in total. The number of hydrogen-bond donors (Lipinski definition) is 1. The van der Waals surface area contributed by atoms with Gasteiger partial charge in [-0.05, 0) is 25.0 Å². The first-order valence-electron chi connectivity index (χ1n) is 9.69. The van der Waals surface area contributed by atoms with E-state index in [9.17, 15) is 24.0 Å². The summed E-state index contributed by atoms with van der Waals surface area (Å²) in [7, 11) is 0. The maximum Gasteiger partial charge on any atom is 0.334 e. The molecule has 2 fully saturated rings. The van der Waals surface area contributed by atoms with Crippen molar-refractivity contribution < 1.29 is 24.0 Å². The number of amides is 5. The summed E-state index contributed by atoms with van der Waals surface area (Å²) in [6.45, 7) is 5.27. The Balaban J connectivity index is 1.62. The zero-order valence-electron chi connectivity index (χ0n) is 16.8. The third kappa shape index (κ3) is 4.39. The molecule has 8 nitrogen and oxygen atoms in total. The van der Waals surface area contributed by atoms with Crippen molar-refractivity contribution in [3.8, 4) is 0 Å². The Kier molecular flexibility index (Phi) is 5.88. The largest absolute Gasteiger partial charge is 0.351 e. The molecule has 1 aromatic heterocycles. The van der Waals surface area contributed by atoms with Crippen LogP contribution in [0.4, 0.5) is 4.79 Å². The molecule has 1 aliphatic heterocycles. The highest BCUT2D eigenvalue weighted by Crippen LogP contribution is 2.28. The zero-order chi connectivity index (χ0) is 21.3. The summed E-state index contributed by atoms with van der Waals surface area (Å²) in [5.74, 6) is -2.29. The second kappa shape index (κ2) is 8.06. The number of carbonyl (C=O) groups is 5. The van der Waals surface area contributed by atoms with Crippen LogP contribution in [0.15, 0.2) is 12.1 Å². The van der Waals surface area contributed by atoms with Crippen LogP contribution in [0.5, 0.6) is 0 Å². The Hall–Kier alpha value is -2.55. The van der Waals surface area contributed by atoms with Crippen molar-refractivity contribution in [3.63, 3.8) is 0 Å². The van der Waals surface area contributed by atoms with E-state index in [-0.39, 0.29) is 11.9 Å². The molecule has 1 aliphatic carbocycles. The third-order valence-electron chi connectivity index (χ3n) is 5.12. The van der Waals surface area contributed by atoms with E-state index in [0.717, 1.165) is 27.5 Å². The fraction of sp³-hybridized carbons (Fsp3) is 0.550. The molecule has 3 rings (SSSR count). The molecule has 0 unspecified atom stereocenters.